The smallest absolute Gasteiger partial charge is 0.254 e. The Balaban J connectivity index is 0.00000192. The zero-order valence-electron chi connectivity index (χ0n) is 13.7. The molecule has 0 aromatic heterocycles. The number of amides is 1. The summed E-state index contributed by atoms with van der Waals surface area (Å²) < 4.78 is 0. The second-order valence-corrected chi connectivity index (χ2v) is 7.47. The highest BCUT2D eigenvalue weighted by Crippen LogP contribution is 2.50. The molecule has 2 bridgehead atoms. The first-order chi connectivity index (χ1) is 10.6. The Morgan fingerprint density at radius 1 is 1.30 bits per heavy atom. The molecule has 2 aliphatic rings. The second kappa shape index (κ2) is 7.57. The van der Waals surface area contributed by atoms with E-state index in [0.29, 0.717) is 21.7 Å². The van der Waals surface area contributed by atoms with E-state index in [2.05, 4.69) is 5.32 Å². The normalized spacial score (nSPS) is 26.2. The lowest BCUT2D eigenvalue weighted by Crippen LogP contribution is -2.36. The van der Waals surface area contributed by atoms with Crippen LogP contribution in [0, 0.1) is 18.8 Å². The SMILES string of the molecule is Nc1cccc(Cl)c1C(=O)NCCC12CCCC(CCC1)C2.[CH2]. The number of hydrogen-bond acceptors (Lipinski definition) is 2. The van der Waals surface area contributed by atoms with Crippen molar-refractivity contribution in [2.45, 2.75) is 51.4 Å². The minimum Gasteiger partial charge on any atom is -0.398 e. The average molecular weight is 335 g/mol. The van der Waals surface area contributed by atoms with Gasteiger partial charge in [0.25, 0.3) is 5.91 Å². The van der Waals surface area contributed by atoms with Gasteiger partial charge >= 0.3 is 0 Å². The average Bonchev–Trinajstić information content (AvgIpc) is 2.47. The van der Waals surface area contributed by atoms with Gasteiger partial charge < -0.3 is 11.1 Å². The van der Waals surface area contributed by atoms with Crippen LogP contribution in [0.5, 0.6) is 0 Å². The number of fused-ring (bicyclic) bond motifs is 2. The molecular weight excluding hydrogens is 308 g/mol. The quantitative estimate of drug-likeness (QED) is 0.782. The summed E-state index contributed by atoms with van der Waals surface area (Å²) in [6, 6.07) is 5.18. The van der Waals surface area contributed by atoms with E-state index in [-0.39, 0.29) is 13.3 Å². The van der Waals surface area contributed by atoms with Gasteiger partial charge in [-0.1, -0.05) is 50.8 Å². The van der Waals surface area contributed by atoms with Gasteiger partial charge in [-0.25, -0.2) is 0 Å². The molecule has 3 nitrogen and oxygen atoms in total. The topological polar surface area (TPSA) is 55.1 Å². The van der Waals surface area contributed by atoms with Crippen LogP contribution in [-0.4, -0.2) is 12.5 Å². The van der Waals surface area contributed by atoms with Crippen LogP contribution in [0.2, 0.25) is 5.02 Å². The van der Waals surface area contributed by atoms with E-state index >= 15 is 0 Å². The van der Waals surface area contributed by atoms with Crippen molar-refractivity contribution in [3.05, 3.63) is 36.2 Å². The Labute approximate surface area is 145 Å². The van der Waals surface area contributed by atoms with Gasteiger partial charge in [-0.05, 0) is 49.1 Å². The van der Waals surface area contributed by atoms with Crippen LogP contribution in [-0.2, 0) is 0 Å². The summed E-state index contributed by atoms with van der Waals surface area (Å²) in [4.78, 5) is 12.3. The lowest BCUT2D eigenvalue weighted by Gasteiger charge is -2.45. The number of benzene rings is 1. The fraction of sp³-hybridized carbons (Fsp3) is 0.579. The van der Waals surface area contributed by atoms with Crippen LogP contribution < -0.4 is 11.1 Å². The number of nitrogen functional groups attached to an aromatic ring is 1. The minimum atomic E-state index is -0.150. The summed E-state index contributed by atoms with van der Waals surface area (Å²) in [6.45, 7) is 0.718. The zero-order chi connectivity index (χ0) is 15.6. The molecule has 2 fully saturated rings. The first-order valence-corrected chi connectivity index (χ1v) is 8.80. The molecule has 23 heavy (non-hydrogen) atoms. The molecule has 3 N–H and O–H groups in total. The van der Waals surface area contributed by atoms with Crippen molar-refractivity contribution in [3.63, 3.8) is 0 Å². The molecule has 0 unspecified atom stereocenters. The van der Waals surface area contributed by atoms with E-state index in [1.54, 1.807) is 18.2 Å². The second-order valence-electron chi connectivity index (χ2n) is 7.06. The van der Waals surface area contributed by atoms with Crippen molar-refractivity contribution in [2.24, 2.45) is 11.3 Å². The van der Waals surface area contributed by atoms with Gasteiger partial charge in [-0.2, -0.15) is 0 Å². The summed E-state index contributed by atoms with van der Waals surface area (Å²) in [5.74, 6) is 0.778. The van der Waals surface area contributed by atoms with Gasteiger partial charge in [-0.15, -0.1) is 0 Å². The van der Waals surface area contributed by atoms with Crippen LogP contribution >= 0.6 is 11.6 Å². The number of nitrogens with two attached hydrogens (primary N) is 1. The van der Waals surface area contributed by atoms with Crippen molar-refractivity contribution in [2.75, 3.05) is 12.3 Å². The Morgan fingerprint density at radius 2 is 2.00 bits per heavy atom. The van der Waals surface area contributed by atoms with Crippen molar-refractivity contribution in [1.82, 2.24) is 5.32 Å². The fourth-order valence-electron chi connectivity index (χ4n) is 4.48. The summed E-state index contributed by atoms with van der Waals surface area (Å²) in [7, 11) is 0. The maximum absolute atomic E-state index is 12.3. The number of nitrogens with one attached hydrogen (secondary N) is 1. The van der Waals surface area contributed by atoms with Crippen molar-refractivity contribution < 1.29 is 4.79 Å². The third kappa shape index (κ3) is 4.00. The number of carbonyl (C=O) groups excluding carboxylic acids is 1. The third-order valence-electron chi connectivity index (χ3n) is 5.57. The molecule has 0 heterocycles. The number of carbonyl (C=O) groups is 1. The van der Waals surface area contributed by atoms with E-state index in [4.69, 9.17) is 17.3 Å². The number of hydrogen-bond donors (Lipinski definition) is 2. The lowest BCUT2D eigenvalue weighted by molar-refractivity contribution is 0.0667. The van der Waals surface area contributed by atoms with Gasteiger partial charge in [-0.3, -0.25) is 4.79 Å². The molecule has 4 heteroatoms. The molecule has 0 aliphatic heterocycles. The summed E-state index contributed by atoms with van der Waals surface area (Å²) in [6.07, 6.45) is 10.6. The highest BCUT2D eigenvalue weighted by molar-refractivity contribution is 6.34. The highest BCUT2D eigenvalue weighted by Gasteiger charge is 2.38. The maximum Gasteiger partial charge on any atom is 0.254 e. The van der Waals surface area contributed by atoms with Gasteiger partial charge in [0.1, 0.15) is 0 Å². The van der Waals surface area contributed by atoms with Crippen LogP contribution in [0.15, 0.2) is 18.2 Å². The Kier molecular flexibility index (Phi) is 5.96. The van der Waals surface area contributed by atoms with Crippen molar-refractivity contribution in [3.8, 4) is 0 Å². The van der Waals surface area contributed by atoms with E-state index < -0.39 is 0 Å². The molecule has 1 aromatic carbocycles. The van der Waals surface area contributed by atoms with Gasteiger partial charge in [0.05, 0.1) is 10.6 Å². The number of anilines is 1. The highest BCUT2D eigenvalue weighted by atomic mass is 35.5. The molecule has 0 saturated heterocycles. The first-order valence-electron chi connectivity index (χ1n) is 8.42. The summed E-state index contributed by atoms with van der Waals surface area (Å²) in [5.41, 5.74) is 7.20. The summed E-state index contributed by atoms with van der Waals surface area (Å²) >= 11 is 6.09. The Morgan fingerprint density at radius 3 is 2.65 bits per heavy atom. The molecule has 1 aromatic rings. The molecule has 0 atom stereocenters. The van der Waals surface area contributed by atoms with Gasteiger partial charge in [0.2, 0.25) is 0 Å². The van der Waals surface area contributed by atoms with Crippen LogP contribution in [0.3, 0.4) is 0 Å². The molecule has 2 radical (unpaired) electrons. The monoisotopic (exact) mass is 334 g/mol. The Bertz CT molecular complexity index is 528. The maximum atomic E-state index is 12.3. The van der Waals surface area contributed by atoms with Crippen LogP contribution in [0.25, 0.3) is 0 Å². The van der Waals surface area contributed by atoms with E-state index in [1.807, 2.05) is 0 Å². The van der Waals surface area contributed by atoms with E-state index in [9.17, 15) is 4.79 Å². The predicted molar refractivity (Wildman–Crippen MR) is 96.4 cm³/mol. The number of rotatable bonds is 4. The lowest BCUT2D eigenvalue weighted by atomic mass is 9.61. The van der Waals surface area contributed by atoms with Crippen LogP contribution in [0.4, 0.5) is 5.69 Å². The molecule has 2 aliphatic carbocycles. The van der Waals surface area contributed by atoms with E-state index in [0.717, 1.165) is 18.9 Å². The molecule has 3 rings (SSSR count). The van der Waals surface area contributed by atoms with Gasteiger partial charge in [0, 0.05) is 12.2 Å². The largest absolute Gasteiger partial charge is 0.398 e. The minimum absolute atomic E-state index is 0. The van der Waals surface area contributed by atoms with Crippen molar-refractivity contribution >= 4 is 23.2 Å². The van der Waals surface area contributed by atoms with Crippen LogP contribution in [0.1, 0.15) is 61.7 Å². The summed E-state index contributed by atoms with van der Waals surface area (Å²) in [5, 5.41) is 3.44. The van der Waals surface area contributed by atoms with Crippen molar-refractivity contribution in [1.29, 1.82) is 0 Å². The number of halogens is 1. The third-order valence-corrected chi connectivity index (χ3v) is 5.89. The standard InChI is InChI=1S/C18H25ClN2O.CH2/c19-14-6-1-7-15(20)16(14)17(22)21-11-10-18-8-2-4-13(12-18)5-3-9-18;/h1,6-7,13H,2-5,8-12,20H2,(H,21,22);1H2. The molecule has 126 valence electrons. The molecular formula is C19H27ClN2O. The van der Waals surface area contributed by atoms with E-state index in [1.165, 1.54) is 44.9 Å². The molecule has 1 amide bonds. The molecule has 0 spiro atoms. The fourth-order valence-corrected chi connectivity index (χ4v) is 4.75. The Hall–Kier alpha value is -1.22. The first kappa shape index (κ1) is 18.1. The predicted octanol–water partition coefficient (Wildman–Crippen LogP) is 4.73. The zero-order valence-corrected chi connectivity index (χ0v) is 14.5. The molecule has 2 saturated carbocycles. The van der Waals surface area contributed by atoms with Gasteiger partial charge in [0.15, 0.2) is 0 Å².